The van der Waals surface area contributed by atoms with Crippen molar-refractivity contribution < 1.29 is 14.9 Å². The quantitative estimate of drug-likeness (QED) is 0.649. The number of fused-ring (bicyclic) bond motifs is 1. The molecule has 1 aromatic carbocycles. The maximum atomic E-state index is 10.7. The van der Waals surface area contributed by atoms with Crippen LogP contribution in [0.1, 0.15) is 24.8 Å². The maximum Gasteiger partial charge on any atom is 0.147 e. The van der Waals surface area contributed by atoms with Gasteiger partial charge in [0.1, 0.15) is 36.2 Å². The van der Waals surface area contributed by atoms with Gasteiger partial charge in [-0.3, -0.25) is 0 Å². The van der Waals surface area contributed by atoms with E-state index in [1.165, 1.54) is 6.33 Å². The van der Waals surface area contributed by atoms with Gasteiger partial charge in [0.25, 0.3) is 0 Å². The van der Waals surface area contributed by atoms with E-state index in [4.69, 9.17) is 22.1 Å². The van der Waals surface area contributed by atoms with Crippen LogP contribution in [-0.4, -0.2) is 37.0 Å². The highest BCUT2D eigenvalue weighted by molar-refractivity contribution is 6.30. The number of rotatable bonds is 3. The van der Waals surface area contributed by atoms with Crippen molar-refractivity contribution in [2.24, 2.45) is 5.92 Å². The summed E-state index contributed by atoms with van der Waals surface area (Å²) in [4.78, 5) is 8.26. The third kappa shape index (κ3) is 2.73. The molecule has 0 bridgehead atoms. The maximum absolute atomic E-state index is 10.7. The van der Waals surface area contributed by atoms with Gasteiger partial charge in [0.15, 0.2) is 0 Å². The first-order valence-electron chi connectivity index (χ1n) is 8.31. The summed E-state index contributed by atoms with van der Waals surface area (Å²) >= 11 is 5.90. The van der Waals surface area contributed by atoms with Crippen molar-refractivity contribution in [1.82, 2.24) is 14.5 Å². The molecule has 3 aromatic rings. The minimum atomic E-state index is -0.976. The zero-order chi connectivity index (χ0) is 18.4. The minimum absolute atomic E-state index is 0.256. The fraction of sp³-hybridized carbons (Fsp3) is 0.333. The second-order valence-corrected chi connectivity index (χ2v) is 6.99. The fourth-order valence-corrected chi connectivity index (χ4v) is 3.58. The molecule has 7 nitrogen and oxygen atoms in total. The lowest BCUT2D eigenvalue weighted by Crippen LogP contribution is -2.31. The summed E-state index contributed by atoms with van der Waals surface area (Å²) < 4.78 is 7.87. The first-order chi connectivity index (χ1) is 12.5. The van der Waals surface area contributed by atoms with E-state index < -0.39 is 24.5 Å². The third-order valence-corrected chi connectivity index (χ3v) is 5.21. The lowest BCUT2D eigenvalue weighted by Gasteiger charge is -2.22. The van der Waals surface area contributed by atoms with Gasteiger partial charge in [-0.2, -0.15) is 0 Å². The van der Waals surface area contributed by atoms with E-state index >= 15 is 0 Å². The van der Waals surface area contributed by atoms with E-state index in [9.17, 15) is 10.2 Å². The average Bonchev–Trinajstić information content (AvgIpc) is 3.18. The van der Waals surface area contributed by atoms with E-state index in [-0.39, 0.29) is 5.92 Å². The van der Waals surface area contributed by atoms with Crippen LogP contribution < -0.4 is 5.73 Å². The summed E-state index contributed by atoms with van der Waals surface area (Å²) in [6, 6.07) is 8.65. The van der Waals surface area contributed by atoms with Crippen molar-refractivity contribution in [3.05, 3.63) is 53.4 Å². The molecular weight excluding hydrogens is 356 g/mol. The lowest BCUT2D eigenvalue weighted by molar-refractivity contribution is -0.0833. The molecular formula is C18H19ClN4O3. The monoisotopic (exact) mass is 374 g/mol. The summed E-state index contributed by atoms with van der Waals surface area (Å²) in [7, 11) is 0. The van der Waals surface area contributed by atoms with Crippen molar-refractivity contribution in [2.45, 2.75) is 31.5 Å². The van der Waals surface area contributed by atoms with E-state index in [0.717, 1.165) is 5.39 Å². The summed E-state index contributed by atoms with van der Waals surface area (Å²) in [5, 5.41) is 22.6. The Hall–Kier alpha value is -2.19. The van der Waals surface area contributed by atoms with Crippen LogP contribution in [0.15, 0.2) is 42.9 Å². The summed E-state index contributed by atoms with van der Waals surface area (Å²) in [5.41, 5.74) is 7.15. The van der Waals surface area contributed by atoms with Crippen LogP contribution in [0.3, 0.4) is 0 Å². The number of hydrogen-bond donors (Lipinski definition) is 3. The summed E-state index contributed by atoms with van der Waals surface area (Å²) in [6.07, 6.45) is 0.125. The molecule has 3 heterocycles. The van der Waals surface area contributed by atoms with Crippen molar-refractivity contribution in [3.8, 4) is 0 Å². The number of aromatic nitrogens is 3. The molecule has 1 saturated heterocycles. The Morgan fingerprint density at radius 1 is 1.23 bits per heavy atom. The Morgan fingerprint density at radius 3 is 2.69 bits per heavy atom. The molecule has 0 saturated carbocycles. The van der Waals surface area contributed by atoms with Crippen LogP contribution >= 0.6 is 11.6 Å². The van der Waals surface area contributed by atoms with Gasteiger partial charge in [0.2, 0.25) is 0 Å². The van der Waals surface area contributed by atoms with Crippen LogP contribution in [-0.2, 0) is 4.74 Å². The molecule has 4 rings (SSSR count). The first-order valence-corrected chi connectivity index (χ1v) is 8.69. The van der Waals surface area contributed by atoms with Gasteiger partial charge in [-0.05, 0) is 23.8 Å². The Morgan fingerprint density at radius 2 is 1.96 bits per heavy atom. The van der Waals surface area contributed by atoms with Crippen molar-refractivity contribution in [2.75, 3.05) is 5.73 Å². The zero-order valence-corrected chi connectivity index (χ0v) is 14.8. The molecule has 5 atom stereocenters. The predicted molar refractivity (Wildman–Crippen MR) is 97.4 cm³/mol. The van der Waals surface area contributed by atoms with E-state index in [0.29, 0.717) is 22.1 Å². The molecule has 0 radical (unpaired) electrons. The number of aliphatic hydroxyl groups excluding tert-OH is 2. The smallest absolute Gasteiger partial charge is 0.147 e. The van der Waals surface area contributed by atoms with Gasteiger partial charge < -0.3 is 25.3 Å². The van der Waals surface area contributed by atoms with Gasteiger partial charge in [0.05, 0.1) is 11.5 Å². The number of nitrogen functional groups attached to an aromatic ring is 1. The molecule has 0 spiro atoms. The van der Waals surface area contributed by atoms with Gasteiger partial charge >= 0.3 is 0 Å². The first kappa shape index (κ1) is 17.2. The highest BCUT2D eigenvalue weighted by Gasteiger charge is 2.45. The third-order valence-electron chi connectivity index (χ3n) is 4.96. The number of aliphatic hydroxyl groups is 2. The Kier molecular flexibility index (Phi) is 4.32. The molecule has 1 aliphatic rings. The van der Waals surface area contributed by atoms with Crippen LogP contribution in [0.4, 0.5) is 5.82 Å². The number of halogens is 1. The van der Waals surface area contributed by atoms with Crippen molar-refractivity contribution >= 4 is 28.5 Å². The van der Waals surface area contributed by atoms with Crippen LogP contribution in [0.2, 0.25) is 5.02 Å². The molecule has 0 aliphatic carbocycles. The normalized spacial score (nSPS) is 27.1. The number of nitrogens with two attached hydrogens (primary N) is 1. The summed E-state index contributed by atoms with van der Waals surface area (Å²) in [5.74, 6) is 0.131. The van der Waals surface area contributed by atoms with E-state index in [2.05, 4.69) is 9.97 Å². The van der Waals surface area contributed by atoms with Gasteiger partial charge in [-0.25, -0.2) is 9.97 Å². The Labute approximate surface area is 155 Å². The largest absolute Gasteiger partial charge is 0.390 e. The molecule has 0 amide bonds. The van der Waals surface area contributed by atoms with E-state index in [1.54, 1.807) is 30.5 Å². The number of ether oxygens (including phenoxy) is 1. The minimum Gasteiger partial charge on any atom is -0.390 e. The standard InChI is InChI=1S/C18H19ClN4O3/c1-9-13(24)15(14(25)10-2-4-11(19)5-3-10)26-18(9)23-7-6-12-16(20)21-8-22-17(12)23/h2-9,13-15,18,24-25H,1H3,(H2,20,21,22). The predicted octanol–water partition coefficient (Wildman–Crippen LogP) is 2.29. The zero-order valence-electron chi connectivity index (χ0n) is 14.0. The van der Waals surface area contributed by atoms with Gasteiger partial charge in [-0.15, -0.1) is 0 Å². The second-order valence-electron chi connectivity index (χ2n) is 6.56. The molecule has 4 N–H and O–H groups in total. The number of hydrogen-bond acceptors (Lipinski definition) is 6. The summed E-state index contributed by atoms with van der Waals surface area (Å²) in [6.45, 7) is 1.88. The van der Waals surface area contributed by atoms with Crippen molar-refractivity contribution in [1.29, 1.82) is 0 Å². The van der Waals surface area contributed by atoms with Crippen LogP contribution in [0.5, 0.6) is 0 Å². The fourth-order valence-electron chi connectivity index (χ4n) is 3.46. The molecule has 136 valence electrons. The SMILES string of the molecule is CC1C(O)C(C(O)c2ccc(Cl)cc2)OC1n1ccc2c(N)ncnc21. The molecule has 1 aliphatic heterocycles. The van der Waals surface area contributed by atoms with Gasteiger partial charge in [0, 0.05) is 17.1 Å². The number of nitrogens with zero attached hydrogens (tertiary/aromatic N) is 3. The average molecular weight is 375 g/mol. The van der Waals surface area contributed by atoms with Crippen LogP contribution in [0, 0.1) is 5.92 Å². The molecule has 5 unspecified atom stereocenters. The number of benzene rings is 1. The van der Waals surface area contributed by atoms with Gasteiger partial charge in [-0.1, -0.05) is 30.7 Å². The highest BCUT2D eigenvalue weighted by atomic mass is 35.5. The second kappa shape index (κ2) is 6.51. The highest BCUT2D eigenvalue weighted by Crippen LogP contribution is 2.41. The van der Waals surface area contributed by atoms with E-state index in [1.807, 2.05) is 17.6 Å². The Balaban J connectivity index is 1.65. The molecule has 26 heavy (non-hydrogen) atoms. The number of anilines is 1. The topological polar surface area (TPSA) is 106 Å². The van der Waals surface area contributed by atoms with Crippen molar-refractivity contribution in [3.63, 3.8) is 0 Å². The molecule has 2 aromatic heterocycles. The Bertz CT molecular complexity index is 930. The lowest BCUT2D eigenvalue weighted by atomic mass is 9.95. The molecule has 8 heteroatoms. The van der Waals surface area contributed by atoms with Crippen LogP contribution in [0.25, 0.3) is 11.0 Å². The molecule has 1 fully saturated rings.